The van der Waals surface area contributed by atoms with Crippen LogP contribution >= 0.6 is 0 Å². The van der Waals surface area contributed by atoms with Gasteiger partial charge in [0, 0.05) is 23.5 Å². The van der Waals surface area contributed by atoms with E-state index in [-0.39, 0.29) is 4.90 Å². The van der Waals surface area contributed by atoms with Crippen molar-refractivity contribution >= 4 is 27.2 Å². The monoisotopic (exact) mass is 428 g/mol. The van der Waals surface area contributed by atoms with Crippen LogP contribution in [0.2, 0.25) is 0 Å². The molecular formula is C21H24N4O4S. The molecule has 0 aliphatic heterocycles. The molecule has 3 rings (SSSR count). The fourth-order valence-corrected chi connectivity index (χ4v) is 4.31. The Balaban J connectivity index is 1.79. The molecule has 9 heteroatoms. The van der Waals surface area contributed by atoms with Crippen molar-refractivity contribution in [3.63, 3.8) is 0 Å². The molecular weight excluding hydrogens is 404 g/mol. The smallest absolute Gasteiger partial charge is 0.262 e. The second-order valence-electron chi connectivity index (χ2n) is 6.74. The van der Waals surface area contributed by atoms with Crippen molar-refractivity contribution < 1.29 is 17.9 Å². The molecule has 2 N–H and O–H groups in total. The molecule has 0 bridgehead atoms. The minimum atomic E-state index is -3.77. The third kappa shape index (κ3) is 4.80. The zero-order valence-corrected chi connectivity index (χ0v) is 18.3. The number of benzene rings is 2. The second-order valence-corrected chi connectivity index (χ2v) is 8.39. The standard InChI is InChI=1S/C21H24N4O4S/c1-13-10-14(2)19(11-18(13)28-4)30(26,27)25-17-8-6-16(7-9-17)24-20-12-21(29-5)23-15(3)22-20/h6-12,25H,1-5H3,(H,22,23,24). The lowest BCUT2D eigenvalue weighted by atomic mass is 10.1. The Morgan fingerprint density at radius 3 is 2.13 bits per heavy atom. The number of aryl methyl sites for hydroxylation is 3. The Morgan fingerprint density at radius 2 is 1.50 bits per heavy atom. The summed E-state index contributed by atoms with van der Waals surface area (Å²) < 4.78 is 38.8. The van der Waals surface area contributed by atoms with Gasteiger partial charge in [-0.2, -0.15) is 4.98 Å². The van der Waals surface area contributed by atoms with Crippen LogP contribution in [0.5, 0.6) is 11.6 Å². The molecule has 8 nitrogen and oxygen atoms in total. The molecule has 3 aromatic rings. The number of nitrogens with zero attached hydrogens (tertiary/aromatic N) is 2. The van der Waals surface area contributed by atoms with Gasteiger partial charge in [-0.25, -0.2) is 13.4 Å². The molecule has 0 radical (unpaired) electrons. The minimum absolute atomic E-state index is 0.177. The zero-order valence-electron chi connectivity index (χ0n) is 17.5. The maximum Gasteiger partial charge on any atom is 0.262 e. The average molecular weight is 429 g/mol. The quantitative estimate of drug-likeness (QED) is 0.587. The lowest BCUT2D eigenvalue weighted by Crippen LogP contribution is -2.14. The molecule has 0 fully saturated rings. The van der Waals surface area contributed by atoms with Crippen LogP contribution in [0.3, 0.4) is 0 Å². The molecule has 0 amide bonds. The summed E-state index contributed by atoms with van der Waals surface area (Å²) in [5, 5.41) is 3.15. The SMILES string of the molecule is COc1cc(Nc2ccc(NS(=O)(=O)c3cc(OC)c(C)cc3C)cc2)nc(C)n1. The molecule has 0 unspecified atom stereocenters. The summed E-state index contributed by atoms with van der Waals surface area (Å²) in [4.78, 5) is 8.63. The highest BCUT2D eigenvalue weighted by Crippen LogP contribution is 2.28. The zero-order chi connectivity index (χ0) is 21.9. The molecule has 158 valence electrons. The third-order valence-electron chi connectivity index (χ3n) is 4.42. The number of hydrogen-bond acceptors (Lipinski definition) is 7. The fourth-order valence-electron chi connectivity index (χ4n) is 3.01. The Morgan fingerprint density at radius 1 is 0.833 bits per heavy atom. The largest absolute Gasteiger partial charge is 0.496 e. The van der Waals surface area contributed by atoms with E-state index in [9.17, 15) is 8.42 Å². The minimum Gasteiger partial charge on any atom is -0.496 e. The summed E-state index contributed by atoms with van der Waals surface area (Å²) in [6.07, 6.45) is 0. The van der Waals surface area contributed by atoms with Gasteiger partial charge >= 0.3 is 0 Å². The van der Waals surface area contributed by atoms with Gasteiger partial charge in [-0.3, -0.25) is 4.72 Å². The number of nitrogens with one attached hydrogen (secondary N) is 2. The van der Waals surface area contributed by atoms with E-state index < -0.39 is 10.0 Å². The molecule has 0 atom stereocenters. The van der Waals surface area contributed by atoms with E-state index >= 15 is 0 Å². The van der Waals surface area contributed by atoms with Crippen LogP contribution in [-0.2, 0) is 10.0 Å². The molecule has 30 heavy (non-hydrogen) atoms. The topological polar surface area (TPSA) is 102 Å². The summed E-state index contributed by atoms with van der Waals surface area (Å²) in [5.41, 5.74) is 2.70. The van der Waals surface area contributed by atoms with Gasteiger partial charge in [-0.05, 0) is 56.2 Å². The summed E-state index contributed by atoms with van der Waals surface area (Å²) in [7, 11) is -0.712. The fraction of sp³-hybridized carbons (Fsp3) is 0.238. The Labute approximate surface area is 176 Å². The first-order valence-electron chi connectivity index (χ1n) is 9.16. The van der Waals surface area contributed by atoms with E-state index in [0.29, 0.717) is 34.5 Å². The van der Waals surface area contributed by atoms with Gasteiger partial charge < -0.3 is 14.8 Å². The maximum atomic E-state index is 12.9. The lowest BCUT2D eigenvalue weighted by Gasteiger charge is -2.14. The van der Waals surface area contributed by atoms with Crippen LogP contribution in [0.25, 0.3) is 0 Å². The molecule has 0 aliphatic carbocycles. The highest BCUT2D eigenvalue weighted by atomic mass is 32.2. The third-order valence-corrected chi connectivity index (χ3v) is 5.94. The summed E-state index contributed by atoms with van der Waals surface area (Å²) in [6, 6.07) is 11.9. The molecule has 0 spiro atoms. The van der Waals surface area contributed by atoms with Gasteiger partial charge in [0.2, 0.25) is 5.88 Å². The van der Waals surface area contributed by atoms with Crippen LogP contribution in [-0.4, -0.2) is 32.6 Å². The van der Waals surface area contributed by atoms with E-state index in [0.717, 1.165) is 11.3 Å². The van der Waals surface area contributed by atoms with Crippen LogP contribution < -0.4 is 19.5 Å². The molecule has 2 aromatic carbocycles. The van der Waals surface area contributed by atoms with Crippen molar-refractivity contribution in [2.24, 2.45) is 0 Å². The van der Waals surface area contributed by atoms with E-state index in [1.165, 1.54) is 20.3 Å². The highest BCUT2D eigenvalue weighted by molar-refractivity contribution is 7.92. The van der Waals surface area contributed by atoms with Crippen molar-refractivity contribution in [3.05, 3.63) is 59.4 Å². The first kappa shape index (κ1) is 21.4. The van der Waals surface area contributed by atoms with Crippen molar-refractivity contribution in [1.82, 2.24) is 9.97 Å². The van der Waals surface area contributed by atoms with E-state index in [4.69, 9.17) is 9.47 Å². The summed E-state index contributed by atoms with van der Waals surface area (Å²) >= 11 is 0. The van der Waals surface area contributed by atoms with Gasteiger partial charge in [0.05, 0.1) is 19.1 Å². The number of sulfonamides is 1. The van der Waals surface area contributed by atoms with Crippen LogP contribution in [0.15, 0.2) is 47.4 Å². The molecule has 0 saturated carbocycles. The molecule has 0 aliphatic rings. The van der Waals surface area contributed by atoms with Gasteiger partial charge in [0.25, 0.3) is 10.0 Å². The number of aromatic nitrogens is 2. The molecule has 0 saturated heterocycles. The highest BCUT2D eigenvalue weighted by Gasteiger charge is 2.19. The first-order valence-corrected chi connectivity index (χ1v) is 10.6. The van der Waals surface area contributed by atoms with Gasteiger partial charge in [0.1, 0.15) is 17.4 Å². The number of ether oxygens (including phenoxy) is 2. The summed E-state index contributed by atoms with van der Waals surface area (Å²) in [6.45, 7) is 5.40. The Bertz CT molecular complexity index is 1160. The Kier molecular flexibility index (Phi) is 6.12. The number of hydrogen-bond donors (Lipinski definition) is 2. The van der Waals surface area contributed by atoms with Crippen molar-refractivity contribution in [2.75, 3.05) is 24.3 Å². The lowest BCUT2D eigenvalue weighted by molar-refractivity contribution is 0.396. The van der Waals surface area contributed by atoms with Gasteiger partial charge in [0.15, 0.2) is 0 Å². The van der Waals surface area contributed by atoms with Gasteiger partial charge in [-0.15, -0.1) is 0 Å². The Hall–Kier alpha value is -3.33. The maximum absolute atomic E-state index is 12.9. The van der Waals surface area contributed by atoms with Crippen molar-refractivity contribution in [2.45, 2.75) is 25.7 Å². The second kappa shape index (κ2) is 8.58. The van der Waals surface area contributed by atoms with Crippen LogP contribution in [0.4, 0.5) is 17.2 Å². The number of anilines is 3. The number of rotatable bonds is 7. The van der Waals surface area contributed by atoms with Crippen LogP contribution in [0, 0.1) is 20.8 Å². The molecule has 1 heterocycles. The number of methoxy groups -OCH3 is 2. The predicted molar refractivity (Wildman–Crippen MR) is 116 cm³/mol. The molecule has 1 aromatic heterocycles. The average Bonchev–Trinajstić information content (AvgIpc) is 2.68. The summed E-state index contributed by atoms with van der Waals surface area (Å²) in [5.74, 6) is 2.13. The normalized spacial score (nSPS) is 11.1. The van der Waals surface area contributed by atoms with Gasteiger partial charge in [-0.1, -0.05) is 6.07 Å². The van der Waals surface area contributed by atoms with E-state index in [1.54, 1.807) is 50.2 Å². The first-order chi connectivity index (χ1) is 14.2. The van der Waals surface area contributed by atoms with E-state index in [1.807, 2.05) is 6.92 Å². The predicted octanol–water partition coefficient (Wildman–Crippen LogP) is 3.96. The van der Waals surface area contributed by atoms with Crippen molar-refractivity contribution in [3.8, 4) is 11.6 Å². The van der Waals surface area contributed by atoms with Crippen molar-refractivity contribution in [1.29, 1.82) is 0 Å². The van der Waals surface area contributed by atoms with Crippen LogP contribution in [0.1, 0.15) is 17.0 Å². The van der Waals surface area contributed by atoms with E-state index in [2.05, 4.69) is 20.0 Å².